The molecule has 242 valence electrons. The molecule has 12 heteroatoms. The normalized spacial score (nSPS) is 27.3. The zero-order chi connectivity index (χ0) is 32.4. The van der Waals surface area contributed by atoms with E-state index in [4.69, 9.17) is 14.9 Å². The molecule has 0 spiro atoms. The van der Waals surface area contributed by atoms with Gasteiger partial charge in [0.25, 0.3) is 0 Å². The van der Waals surface area contributed by atoms with E-state index in [-0.39, 0.29) is 61.7 Å². The number of phenolic OH excluding ortho intramolecular Hbond substituents is 1. The van der Waals surface area contributed by atoms with E-state index in [1.807, 2.05) is 6.08 Å². The molecule has 6 unspecified atom stereocenters. The van der Waals surface area contributed by atoms with Crippen molar-refractivity contribution in [2.45, 2.75) is 70.1 Å². The van der Waals surface area contributed by atoms with Crippen LogP contribution in [0.3, 0.4) is 0 Å². The SMILES string of the molecule is COc1ccc(O)c(C2C3=CCC4C(=O)N(CCCCCC(=O)O)C(=O)C4C3CC3C(=O)N(CCCCCC(=O)O)C(=O)C32)c1. The van der Waals surface area contributed by atoms with Crippen LogP contribution in [0.15, 0.2) is 29.8 Å². The monoisotopic (exact) mass is 624 g/mol. The van der Waals surface area contributed by atoms with Gasteiger partial charge in [0, 0.05) is 37.4 Å². The van der Waals surface area contributed by atoms with Crippen LogP contribution in [0.2, 0.25) is 0 Å². The number of benzene rings is 1. The van der Waals surface area contributed by atoms with Crippen LogP contribution in [0, 0.1) is 29.6 Å². The summed E-state index contributed by atoms with van der Waals surface area (Å²) in [5, 5.41) is 28.9. The Balaban J connectivity index is 1.43. The molecule has 1 aromatic carbocycles. The number of aliphatic carboxylic acids is 2. The number of hydrogen-bond acceptors (Lipinski definition) is 8. The number of carboxylic acids is 2. The molecule has 1 saturated carbocycles. The number of phenols is 1. The lowest BCUT2D eigenvalue weighted by Gasteiger charge is -2.44. The summed E-state index contributed by atoms with van der Waals surface area (Å²) in [4.78, 5) is 79.4. The van der Waals surface area contributed by atoms with Crippen LogP contribution < -0.4 is 4.74 Å². The van der Waals surface area contributed by atoms with Crippen molar-refractivity contribution >= 4 is 35.6 Å². The minimum atomic E-state index is -0.902. The fourth-order valence-electron chi connectivity index (χ4n) is 7.86. The Hall–Kier alpha value is -4.22. The topological polar surface area (TPSA) is 179 Å². The summed E-state index contributed by atoms with van der Waals surface area (Å²) >= 11 is 0. The van der Waals surface area contributed by atoms with Gasteiger partial charge in [0.05, 0.1) is 30.8 Å². The summed E-state index contributed by atoms with van der Waals surface area (Å²) in [6.45, 7) is 0.357. The molecule has 3 N–H and O–H groups in total. The summed E-state index contributed by atoms with van der Waals surface area (Å²) in [6, 6.07) is 4.74. The number of carboxylic acid groups (broad SMARTS) is 2. The van der Waals surface area contributed by atoms with Gasteiger partial charge in [-0.2, -0.15) is 0 Å². The maximum absolute atomic E-state index is 14.0. The summed E-state index contributed by atoms with van der Waals surface area (Å²) in [6.07, 6.45) is 5.42. The van der Waals surface area contributed by atoms with E-state index in [1.54, 1.807) is 12.1 Å². The highest BCUT2D eigenvalue weighted by Crippen LogP contribution is 2.59. The van der Waals surface area contributed by atoms with Crippen molar-refractivity contribution in [2.24, 2.45) is 29.6 Å². The molecule has 0 aromatic heterocycles. The van der Waals surface area contributed by atoms with Crippen LogP contribution in [0.1, 0.15) is 75.7 Å². The standard InChI is InChI=1S/C33H40N2O10/c1-45-18-10-13-24(36)22(16-18)27-19-11-12-20-28(32(43)34(30(20)41)14-6-2-4-8-25(37)38)21(19)17-23-29(27)33(44)35(31(23)42)15-7-3-5-9-26(39)40/h10-11,13,16,20-21,23,27-29,36H,2-9,12,14-15,17H2,1H3,(H,37,38)(H,39,40). The van der Waals surface area contributed by atoms with Crippen molar-refractivity contribution < 1.29 is 48.8 Å². The maximum atomic E-state index is 14.0. The Kier molecular flexibility index (Phi) is 9.59. The first-order valence-electron chi connectivity index (χ1n) is 15.8. The zero-order valence-electron chi connectivity index (χ0n) is 25.4. The van der Waals surface area contributed by atoms with E-state index >= 15 is 0 Å². The number of hydrogen-bond donors (Lipinski definition) is 3. The number of ether oxygens (including phenoxy) is 1. The van der Waals surface area contributed by atoms with Crippen molar-refractivity contribution in [3.05, 3.63) is 35.4 Å². The number of carbonyl (C=O) groups is 6. The van der Waals surface area contributed by atoms with Gasteiger partial charge in [0.1, 0.15) is 11.5 Å². The predicted molar refractivity (Wildman–Crippen MR) is 158 cm³/mol. The molecular formula is C33H40N2O10. The van der Waals surface area contributed by atoms with Crippen LogP contribution in [0.25, 0.3) is 0 Å². The number of amides is 4. The van der Waals surface area contributed by atoms with Gasteiger partial charge in [0.15, 0.2) is 0 Å². The van der Waals surface area contributed by atoms with E-state index in [0.29, 0.717) is 56.3 Å². The summed E-state index contributed by atoms with van der Waals surface area (Å²) in [7, 11) is 1.49. The highest BCUT2D eigenvalue weighted by atomic mass is 16.5. The molecule has 45 heavy (non-hydrogen) atoms. The Morgan fingerprint density at radius 1 is 0.778 bits per heavy atom. The van der Waals surface area contributed by atoms with E-state index in [9.17, 15) is 33.9 Å². The lowest BCUT2D eigenvalue weighted by molar-refractivity contribution is -0.142. The number of aromatic hydroxyl groups is 1. The van der Waals surface area contributed by atoms with Gasteiger partial charge >= 0.3 is 11.9 Å². The molecule has 0 bridgehead atoms. The van der Waals surface area contributed by atoms with E-state index in [0.717, 1.165) is 5.57 Å². The molecule has 3 fully saturated rings. The van der Waals surface area contributed by atoms with Crippen LogP contribution in [-0.2, 0) is 28.8 Å². The van der Waals surface area contributed by atoms with Gasteiger partial charge in [0.2, 0.25) is 23.6 Å². The lowest BCUT2D eigenvalue weighted by Crippen LogP contribution is -2.43. The number of allylic oxidation sites excluding steroid dienone is 2. The number of unbranched alkanes of at least 4 members (excludes halogenated alkanes) is 4. The van der Waals surface area contributed by atoms with E-state index in [2.05, 4.69) is 0 Å². The molecule has 5 rings (SSSR count). The third kappa shape index (κ3) is 6.19. The molecule has 2 saturated heterocycles. The van der Waals surface area contributed by atoms with Crippen LogP contribution >= 0.6 is 0 Å². The number of likely N-dealkylation sites (tertiary alicyclic amines) is 2. The summed E-state index contributed by atoms with van der Waals surface area (Å²) in [5.41, 5.74) is 1.20. The zero-order valence-corrected chi connectivity index (χ0v) is 25.4. The maximum Gasteiger partial charge on any atom is 0.303 e. The van der Waals surface area contributed by atoms with Crippen molar-refractivity contribution in [2.75, 3.05) is 20.2 Å². The quantitative estimate of drug-likeness (QED) is 0.158. The summed E-state index contributed by atoms with van der Waals surface area (Å²) in [5.74, 6) is -6.68. The molecule has 4 aliphatic rings. The van der Waals surface area contributed by atoms with Crippen molar-refractivity contribution in [1.82, 2.24) is 9.80 Å². The number of rotatable bonds is 14. The molecule has 2 aliphatic heterocycles. The van der Waals surface area contributed by atoms with Gasteiger partial charge < -0.3 is 20.1 Å². The molecule has 4 amide bonds. The number of nitrogens with zero attached hydrogens (tertiary/aromatic N) is 2. The number of methoxy groups -OCH3 is 1. The largest absolute Gasteiger partial charge is 0.508 e. The molecule has 6 atom stereocenters. The highest BCUT2D eigenvalue weighted by Gasteiger charge is 2.62. The molecule has 12 nitrogen and oxygen atoms in total. The Morgan fingerprint density at radius 2 is 1.36 bits per heavy atom. The van der Waals surface area contributed by atoms with Crippen LogP contribution in [0.4, 0.5) is 0 Å². The van der Waals surface area contributed by atoms with Gasteiger partial charge in [-0.25, -0.2) is 0 Å². The first-order valence-corrected chi connectivity index (χ1v) is 15.8. The first kappa shape index (κ1) is 32.2. The Bertz CT molecular complexity index is 1420. The van der Waals surface area contributed by atoms with Crippen molar-refractivity contribution in [3.63, 3.8) is 0 Å². The van der Waals surface area contributed by atoms with Gasteiger partial charge in [-0.05, 0) is 62.6 Å². The smallest absolute Gasteiger partial charge is 0.303 e. The highest BCUT2D eigenvalue weighted by molar-refractivity contribution is 6.08. The molecular weight excluding hydrogens is 584 g/mol. The first-order chi connectivity index (χ1) is 21.5. The lowest BCUT2D eigenvalue weighted by atomic mass is 9.57. The van der Waals surface area contributed by atoms with Crippen LogP contribution in [0.5, 0.6) is 11.5 Å². The average molecular weight is 625 g/mol. The van der Waals surface area contributed by atoms with E-state index in [1.165, 1.54) is 23.0 Å². The third-order valence-corrected chi connectivity index (χ3v) is 9.95. The second kappa shape index (κ2) is 13.4. The van der Waals surface area contributed by atoms with Gasteiger partial charge in [-0.15, -0.1) is 0 Å². The Morgan fingerprint density at radius 3 is 1.93 bits per heavy atom. The number of carbonyl (C=O) groups excluding carboxylic acids is 4. The minimum Gasteiger partial charge on any atom is -0.508 e. The van der Waals surface area contributed by atoms with Gasteiger partial charge in [-0.3, -0.25) is 38.6 Å². The average Bonchev–Trinajstić information content (AvgIpc) is 3.39. The second-order valence-corrected chi connectivity index (χ2v) is 12.5. The molecule has 2 aliphatic carbocycles. The molecule has 1 aromatic rings. The predicted octanol–water partition coefficient (Wildman–Crippen LogP) is 3.33. The second-order valence-electron chi connectivity index (χ2n) is 12.5. The van der Waals surface area contributed by atoms with Crippen molar-refractivity contribution in [1.29, 1.82) is 0 Å². The fraction of sp³-hybridized carbons (Fsp3) is 0.576. The molecule has 2 heterocycles. The summed E-state index contributed by atoms with van der Waals surface area (Å²) < 4.78 is 5.42. The number of fused-ring (bicyclic) bond motifs is 4. The third-order valence-electron chi connectivity index (χ3n) is 9.95. The fourth-order valence-corrected chi connectivity index (χ4v) is 7.86. The molecule has 0 radical (unpaired) electrons. The Labute approximate surface area is 261 Å². The van der Waals surface area contributed by atoms with Gasteiger partial charge in [-0.1, -0.05) is 24.5 Å². The minimum absolute atomic E-state index is 0.00875. The number of imide groups is 2. The van der Waals surface area contributed by atoms with Crippen molar-refractivity contribution in [3.8, 4) is 11.5 Å². The van der Waals surface area contributed by atoms with E-state index < -0.39 is 47.4 Å². The van der Waals surface area contributed by atoms with Crippen LogP contribution in [-0.4, -0.2) is 80.9 Å².